The summed E-state index contributed by atoms with van der Waals surface area (Å²) in [5, 5.41) is 9.59. The molecule has 136 valence electrons. The molecule has 1 aliphatic carbocycles. The van der Waals surface area contributed by atoms with Gasteiger partial charge in [0, 0.05) is 19.0 Å². The first-order valence-corrected chi connectivity index (χ1v) is 9.60. The number of hydrogen-bond acceptors (Lipinski definition) is 4. The molecule has 1 aromatic carbocycles. The monoisotopic (exact) mass is 344 g/mol. The van der Waals surface area contributed by atoms with Crippen LogP contribution in [0.1, 0.15) is 37.3 Å². The van der Waals surface area contributed by atoms with Gasteiger partial charge in [-0.2, -0.15) is 0 Å². The highest BCUT2D eigenvalue weighted by molar-refractivity contribution is 5.80. The first-order chi connectivity index (χ1) is 12.2. The Morgan fingerprint density at radius 3 is 2.52 bits per heavy atom. The van der Waals surface area contributed by atoms with Crippen molar-refractivity contribution in [2.24, 2.45) is 5.92 Å². The van der Waals surface area contributed by atoms with E-state index in [9.17, 15) is 9.90 Å². The number of aliphatic hydroxyl groups is 1. The van der Waals surface area contributed by atoms with Gasteiger partial charge in [0.05, 0.1) is 24.9 Å². The second-order valence-electron chi connectivity index (χ2n) is 7.63. The molecule has 0 aromatic heterocycles. The molecule has 0 bridgehead atoms. The number of carbonyl (C=O) groups excluding carboxylic acids is 1. The largest absolute Gasteiger partial charge is 0.393 e. The van der Waals surface area contributed by atoms with Crippen LogP contribution < -0.4 is 0 Å². The van der Waals surface area contributed by atoms with Crippen LogP contribution in [0, 0.1) is 5.92 Å². The zero-order valence-corrected chi connectivity index (χ0v) is 14.7. The van der Waals surface area contributed by atoms with Crippen LogP contribution in [-0.2, 0) is 9.53 Å². The summed E-state index contributed by atoms with van der Waals surface area (Å²) < 4.78 is 6.15. The molecule has 3 aliphatic rings. The molecule has 0 spiro atoms. The Morgan fingerprint density at radius 2 is 1.84 bits per heavy atom. The van der Waals surface area contributed by atoms with E-state index in [4.69, 9.17) is 4.74 Å². The van der Waals surface area contributed by atoms with Crippen molar-refractivity contribution in [3.8, 4) is 0 Å². The number of likely N-dealkylation sites (tertiary alicyclic amines) is 1. The number of hydrogen-bond donors (Lipinski definition) is 1. The second-order valence-corrected chi connectivity index (χ2v) is 7.63. The van der Waals surface area contributed by atoms with E-state index in [2.05, 4.69) is 17.0 Å². The first-order valence-electron chi connectivity index (χ1n) is 9.60. The van der Waals surface area contributed by atoms with Gasteiger partial charge in [-0.25, -0.2) is 0 Å². The maximum atomic E-state index is 13.0. The van der Waals surface area contributed by atoms with Gasteiger partial charge in [-0.3, -0.25) is 4.79 Å². The first kappa shape index (κ1) is 17.0. The van der Waals surface area contributed by atoms with Crippen LogP contribution in [0.3, 0.4) is 0 Å². The van der Waals surface area contributed by atoms with Crippen LogP contribution in [0.15, 0.2) is 30.3 Å². The van der Waals surface area contributed by atoms with Crippen LogP contribution in [0.25, 0.3) is 0 Å². The third kappa shape index (κ3) is 3.59. The molecule has 25 heavy (non-hydrogen) atoms. The van der Waals surface area contributed by atoms with Gasteiger partial charge in [-0.1, -0.05) is 30.3 Å². The van der Waals surface area contributed by atoms with Crippen LogP contribution in [0.5, 0.6) is 0 Å². The Hall–Kier alpha value is -1.43. The lowest BCUT2D eigenvalue weighted by molar-refractivity contribution is -0.158. The Kier molecular flexibility index (Phi) is 5.06. The lowest BCUT2D eigenvalue weighted by Crippen LogP contribution is -2.54. The van der Waals surface area contributed by atoms with Crippen LogP contribution >= 0.6 is 0 Å². The number of rotatable bonds is 4. The van der Waals surface area contributed by atoms with Gasteiger partial charge in [-0.15, -0.1) is 0 Å². The van der Waals surface area contributed by atoms with E-state index in [1.54, 1.807) is 0 Å². The van der Waals surface area contributed by atoms with Gasteiger partial charge in [0.1, 0.15) is 0 Å². The molecule has 2 saturated heterocycles. The average Bonchev–Trinajstić information content (AvgIpc) is 3.12. The number of benzene rings is 1. The summed E-state index contributed by atoms with van der Waals surface area (Å²) in [6.07, 6.45) is 3.44. The molecular formula is C20H28N2O3. The van der Waals surface area contributed by atoms with Crippen molar-refractivity contribution in [3.05, 3.63) is 35.9 Å². The number of carbonyl (C=O) groups is 1. The fourth-order valence-corrected chi connectivity index (χ4v) is 4.42. The summed E-state index contributed by atoms with van der Waals surface area (Å²) in [5.74, 6) is 0.167. The highest BCUT2D eigenvalue weighted by atomic mass is 16.5. The topological polar surface area (TPSA) is 53.0 Å². The highest BCUT2D eigenvalue weighted by Crippen LogP contribution is 2.36. The molecule has 2 aliphatic heterocycles. The van der Waals surface area contributed by atoms with Crippen molar-refractivity contribution in [3.63, 3.8) is 0 Å². The molecule has 3 fully saturated rings. The minimum atomic E-state index is -0.300. The van der Waals surface area contributed by atoms with E-state index >= 15 is 0 Å². The van der Waals surface area contributed by atoms with Crippen molar-refractivity contribution in [1.29, 1.82) is 0 Å². The Bertz CT molecular complexity index is 582. The number of ether oxygens (including phenoxy) is 1. The van der Waals surface area contributed by atoms with Crippen LogP contribution in [-0.4, -0.2) is 65.8 Å². The zero-order valence-electron chi connectivity index (χ0n) is 14.7. The summed E-state index contributed by atoms with van der Waals surface area (Å²) in [6, 6.07) is 10.3. The van der Waals surface area contributed by atoms with E-state index in [-0.39, 0.29) is 30.1 Å². The smallest absolute Gasteiger partial charge is 0.226 e. The minimum Gasteiger partial charge on any atom is -0.393 e. The molecule has 4 rings (SSSR count). The molecule has 5 nitrogen and oxygen atoms in total. The average molecular weight is 344 g/mol. The standard InChI is InChI=1S/C20H28N2O3/c23-17-12-16(13-17)20(24)22-10-11-25-18(14-21-8-4-5-9-21)19(22)15-6-2-1-3-7-15/h1-3,6-7,16-19,23H,4-5,8-14H2/t16?,17?,18-,19-/m0/s1. The molecule has 1 N–H and O–H groups in total. The number of nitrogens with zero attached hydrogens (tertiary/aromatic N) is 2. The van der Waals surface area contributed by atoms with Gasteiger partial charge >= 0.3 is 0 Å². The third-order valence-electron chi connectivity index (χ3n) is 5.88. The number of aliphatic hydroxyl groups excluding tert-OH is 1. The summed E-state index contributed by atoms with van der Waals surface area (Å²) in [4.78, 5) is 17.5. The molecule has 1 amide bonds. The molecular weight excluding hydrogens is 316 g/mol. The van der Waals surface area contributed by atoms with Crippen LogP contribution in [0.2, 0.25) is 0 Å². The van der Waals surface area contributed by atoms with Crippen molar-refractivity contribution in [2.75, 3.05) is 32.8 Å². The van der Waals surface area contributed by atoms with Crippen molar-refractivity contribution in [1.82, 2.24) is 9.80 Å². The normalized spacial score (nSPS) is 33.2. The summed E-state index contributed by atoms with van der Waals surface area (Å²) in [6.45, 7) is 4.38. The van der Waals surface area contributed by atoms with E-state index in [0.717, 1.165) is 25.2 Å². The number of morpholine rings is 1. The van der Waals surface area contributed by atoms with Gasteiger partial charge in [-0.05, 0) is 44.3 Å². The molecule has 5 heteroatoms. The van der Waals surface area contributed by atoms with Gasteiger partial charge in [0.2, 0.25) is 5.91 Å². The molecule has 0 radical (unpaired) electrons. The fourth-order valence-electron chi connectivity index (χ4n) is 4.42. The van der Waals surface area contributed by atoms with Crippen LogP contribution in [0.4, 0.5) is 0 Å². The summed E-state index contributed by atoms with van der Waals surface area (Å²) in [7, 11) is 0. The van der Waals surface area contributed by atoms with Crippen molar-refractivity contribution in [2.45, 2.75) is 43.9 Å². The van der Waals surface area contributed by atoms with Crippen molar-refractivity contribution >= 4 is 5.91 Å². The zero-order chi connectivity index (χ0) is 17.2. The SMILES string of the molecule is O=C(C1CC(O)C1)N1CCO[C@@H](CN2CCCC2)[C@@H]1c1ccccc1. The van der Waals surface area contributed by atoms with E-state index in [1.165, 1.54) is 12.8 Å². The maximum Gasteiger partial charge on any atom is 0.226 e. The lowest BCUT2D eigenvalue weighted by atomic mass is 9.80. The maximum absolute atomic E-state index is 13.0. The quantitative estimate of drug-likeness (QED) is 0.905. The lowest BCUT2D eigenvalue weighted by Gasteiger charge is -2.45. The Morgan fingerprint density at radius 1 is 1.12 bits per heavy atom. The molecule has 2 heterocycles. The van der Waals surface area contributed by atoms with E-state index in [1.807, 2.05) is 23.1 Å². The second kappa shape index (κ2) is 7.44. The summed E-state index contributed by atoms with van der Waals surface area (Å²) in [5.41, 5.74) is 1.15. The molecule has 2 atom stereocenters. The highest BCUT2D eigenvalue weighted by Gasteiger charge is 2.42. The van der Waals surface area contributed by atoms with Gasteiger partial charge < -0.3 is 19.6 Å². The van der Waals surface area contributed by atoms with E-state index in [0.29, 0.717) is 26.0 Å². The summed E-state index contributed by atoms with van der Waals surface area (Å²) >= 11 is 0. The fraction of sp³-hybridized carbons (Fsp3) is 0.650. The molecule has 0 unspecified atom stereocenters. The predicted octanol–water partition coefficient (Wildman–Crippen LogP) is 1.82. The Labute approximate surface area is 149 Å². The van der Waals surface area contributed by atoms with Gasteiger partial charge in [0.15, 0.2) is 0 Å². The third-order valence-corrected chi connectivity index (χ3v) is 5.88. The van der Waals surface area contributed by atoms with Crippen molar-refractivity contribution < 1.29 is 14.6 Å². The minimum absolute atomic E-state index is 0.0169. The predicted molar refractivity (Wildman–Crippen MR) is 95.0 cm³/mol. The van der Waals surface area contributed by atoms with E-state index < -0.39 is 0 Å². The van der Waals surface area contributed by atoms with Gasteiger partial charge in [0.25, 0.3) is 0 Å². The number of amides is 1. The molecule has 1 saturated carbocycles. The molecule has 1 aromatic rings. The Balaban J connectivity index is 1.56.